The second-order valence-corrected chi connectivity index (χ2v) is 10.9. The van der Waals surface area contributed by atoms with E-state index in [-0.39, 0.29) is 18.4 Å². The van der Waals surface area contributed by atoms with E-state index in [1.165, 1.54) is 11.8 Å². The summed E-state index contributed by atoms with van der Waals surface area (Å²) in [6.07, 6.45) is 3.90. The van der Waals surface area contributed by atoms with Crippen molar-refractivity contribution in [2.24, 2.45) is 4.99 Å². The number of fused-ring (bicyclic) bond motifs is 1. The highest BCUT2D eigenvalue weighted by molar-refractivity contribution is 8.18. The van der Waals surface area contributed by atoms with Crippen molar-refractivity contribution in [3.8, 4) is 0 Å². The maximum Gasteiger partial charge on any atom is 0.266 e. The van der Waals surface area contributed by atoms with Crippen LogP contribution in [0.15, 0.2) is 64.6 Å². The topological polar surface area (TPSA) is 79.6 Å². The molecule has 10 heteroatoms. The van der Waals surface area contributed by atoms with E-state index in [1.807, 2.05) is 65.1 Å². The number of amides is 2. The summed E-state index contributed by atoms with van der Waals surface area (Å²) in [5.41, 5.74) is 3.84. The van der Waals surface area contributed by atoms with E-state index < -0.39 is 0 Å². The fourth-order valence-electron chi connectivity index (χ4n) is 5.26. The Labute approximate surface area is 238 Å². The maximum absolute atomic E-state index is 13.4. The number of hydrogen-bond donors (Lipinski definition) is 0. The summed E-state index contributed by atoms with van der Waals surface area (Å²) >= 11 is 1.39. The van der Waals surface area contributed by atoms with Crippen molar-refractivity contribution in [2.45, 2.75) is 13.5 Å². The van der Waals surface area contributed by atoms with Gasteiger partial charge in [0.1, 0.15) is 6.54 Å². The number of aromatic nitrogens is 1. The van der Waals surface area contributed by atoms with Crippen LogP contribution in [0, 0.1) is 0 Å². The number of rotatable bonds is 6. The summed E-state index contributed by atoms with van der Waals surface area (Å²) in [6.45, 7) is 8.37. The molecule has 0 spiro atoms. The van der Waals surface area contributed by atoms with Crippen LogP contribution in [0.4, 0.5) is 11.4 Å². The Bertz CT molecular complexity index is 1450. The lowest BCUT2D eigenvalue weighted by Gasteiger charge is -2.28. The molecule has 0 radical (unpaired) electrons. The van der Waals surface area contributed by atoms with Gasteiger partial charge in [0.25, 0.3) is 5.91 Å². The standard InChI is InChI=1S/C30H33N5O4S/c1-2-35-29(37)27(40-30(35)31-23-7-9-24(10-8-23)32-11-15-38-16-12-32)19-22-20-34(26-6-4-3-5-25(22)26)21-28(36)33-13-17-39-18-14-33/h3-10,19-20H,2,11-18,21H2,1H3/b27-19-,31-30?. The molecule has 3 fully saturated rings. The Kier molecular flexibility index (Phi) is 7.90. The zero-order valence-corrected chi connectivity index (χ0v) is 23.4. The quantitative estimate of drug-likeness (QED) is 0.426. The lowest BCUT2D eigenvalue weighted by molar-refractivity contribution is -0.135. The van der Waals surface area contributed by atoms with Crippen molar-refractivity contribution < 1.29 is 19.1 Å². The molecule has 0 N–H and O–H groups in total. The first-order valence-corrected chi connectivity index (χ1v) is 14.6. The number of morpholine rings is 2. The molecule has 4 heterocycles. The van der Waals surface area contributed by atoms with E-state index in [4.69, 9.17) is 14.5 Å². The summed E-state index contributed by atoms with van der Waals surface area (Å²) in [5.74, 6) is 0.0122. The number of thioether (sulfide) groups is 1. The van der Waals surface area contributed by atoms with Crippen LogP contribution in [0.5, 0.6) is 0 Å². The van der Waals surface area contributed by atoms with Crippen LogP contribution in [-0.2, 0) is 25.6 Å². The maximum atomic E-state index is 13.4. The second kappa shape index (κ2) is 11.9. The van der Waals surface area contributed by atoms with Gasteiger partial charge in [0.15, 0.2) is 5.17 Å². The normalized spacial score (nSPS) is 20.3. The van der Waals surface area contributed by atoms with Crippen molar-refractivity contribution in [1.29, 1.82) is 0 Å². The average molecular weight is 560 g/mol. The summed E-state index contributed by atoms with van der Waals surface area (Å²) in [6, 6.07) is 16.1. The first-order valence-electron chi connectivity index (χ1n) is 13.8. The van der Waals surface area contributed by atoms with E-state index in [9.17, 15) is 9.59 Å². The highest BCUT2D eigenvalue weighted by Crippen LogP contribution is 2.36. The minimum absolute atomic E-state index is 0.0580. The summed E-state index contributed by atoms with van der Waals surface area (Å²) in [5, 5.41) is 1.68. The first kappa shape index (κ1) is 26.6. The lowest BCUT2D eigenvalue weighted by atomic mass is 10.1. The number of likely N-dealkylation sites (N-methyl/N-ethyl adjacent to an activating group) is 1. The van der Waals surface area contributed by atoms with E-state index in [1.54, 1.807) is 4.90 Å². The predicted octanol–water partition coefficient (Wildman–Crippen LogP) is 3.96. The molecule has 40 heavy (non-hydrogen) atoms. The van der Waals surface area contributed by atoms with Gasteiger partial charge in [0.05, 0.1) is 37.0 Å². The Morgan fingerprint density at radius 3 is 2.40 bits per heavy atom. The molecular weight excluding hydrogens is 526 g/mol. The minimum atomic E-state index is -0.0580. The highest BCUT2D eigenvalue weighted by Gasteiger charge is 2.32. The number of carbonyl (C=O) groups excluding carboxylic acids is 2. The van der Waals surface area contributed by atoms with Gasteiger partial charge in [-0.3, -0.25) is 14.5 Å². The van der Waals surface area contributed by atoms with Gasteiger partial charge in [-0.05, 0) is 55.1 Å². The number of ether oxygens (including phenoxy) is 2. The number of amidine groups is 1. The SMILES string of the molecule is CCN1C(=O)/C(=C/c2cn(CC(=O)N3CCOCC3)c3ccccc23)SC1=Nc1ccc(N2CCOCC2)cc1. The Morgan fingerprint density at radius 1 is 0.975 bits per heavy atom. The van der Waals surface area contributed by atoms with Gasteiger partial charge in [0, 0.05) is 61.1 Å². The van der Waals surface area contributed by atoms with E-state index >= 15 is 0 Å². The summed E-state index contributed by atoms with van der Waals surface area (Å²) < 4.78 is 12.8. The fraction of sp³-hybridized carbons (Fsp3) is 0.367. The van der Waals surface area contributed by atoms with Gasteiger partial charge in [-0.25, -0.2) is 4.99 Å². The third kappa shape index (κ3) is 5.52. The van der Waals surface area contributed by atoms with Crippen LogP contribution >= 0.6 is 11.8 Å². The molecule has 0 bridgehead atoms. The number of carbonyl (C=O) groups is 2. The molecule has 2 amide bonds. The number of para-hydroxylation sites is 1. The van der Waals surface area contributed by atoms with Gasteiger partial charge >= 0.3 is 0 Å². The van der Waals surface area contributed by atoms with Crippen LogP contribution in [0.3, 0.4) is 0 Å². The van der Waals surface area contributed by atoms with Crippen molar-refractivity contribution in [3.63, 3.8) is 0 Å². The van der Waals surface area contributed by atoms with Gasteiger partial charge in [0.2, 0.25) is 5.91 Å². The molecule has 3 aromatic rings. The third-order valence-corrected chi connectivity index (χ3v) is 8.44. The number of aliphatic imine (C=N–C) groups is 1. The molecule has 3 saturated heterocycles. The largest absolute Gasteiger partial charge is 0.378 e. The molecule has 3 aliphatic heterocycles. The van der Waals surface area contributed by atoms with Gasteiger partial charge in [-0.1, -0.05) is 18.2 Å². The number of benzene rings is 2. The lowest BCUT2D eigenvalue weighted by Crippen LogP contribution is -2.42. The Balaban J connectivity index is 1.24. The van der Waals surface area contributed by atoms with Crippen molar-refractivity contribution in [1.82, 2.24) is 14.4 Å². The molecule has 9 nitrogen and oxygen atoms in total. The zero-order valence-electron chi connectivity index (χ0n) is 22.6. The molecule has 6 rings (SSSR count). The van der Waals surface area contributed by atoms with E-state index in [0.717, 1.165) is 54.1 Å². The molecule has 0 atom stereocenters. The average Bonchev–Trinajstić information content (AvgIpc) is 3.50. The second-order valence-electron chi connectivity index (χ2n) is 9.89. The van der Waals surface area contributed by atoms with Crippen LogP contribution in [-0.4, -0.2) is 90.5 Å². The summed E-state index contributed by atoms with van der Waals surface area (Å²) in [4.78, 5) is 37.7. The van der Waals surface area contributed by atoms with Gasteiger partial charge < -0.3 is 23.8 Å². The zero-order chi connectivity index (χ0) is 27.5. The molecule has 3 aliphatic rings. The van der Waals surface area contributed by atoms with E-state index in [2.05, 4.69) is 17.0 Å². The molecule has 0 unspecified atom stereocenters. The van der Waals surface area contributed by atoms with Crippen LogP contribution in [0.2, 0.25) is 0 Å². The number of hydrogen-bond acceptors (Lipinski definition) is 7. The molecule has 0 saturated carbocycles. The predicted molar refractivity (Wildman–Crippen MR) is 159 cm³/mol. The summed E-state index contributed by atoms with van der Waals surface area (Å²) in [7, 11) is 0. The Hall–Kier alpha value is -3.60. The van der Waals surface area contributed by atoms with Crippen molar-refractivity contribution >= 4 is 57.1 Å². The molecule has 2 aromatic carbocycles. The van der Waals surface area contributed by atoms with Gasteiger partial charge in [-0.15, -0.1) is 0 Å². The molecule has 0 aliphatic carbocycles. The van der Waals surface area contributed by atoms with Crippen molar-refractivity contribution in [2.75, 3.05) is 64.1 Å². The smallest absolute Gasteiger partial charge is 0.266 e. The first-order chi connectivity index (χ1) is 19.6. The van der Waals surface area contributed by atoms with Crippen LogP contribution < -0.4 is 4.90 Å². The fourth-order valence-corrected chi connectivity index (χ4v) is 6.31. The molecule has 1 aromatic heterocycles. The van der Waals surface area contributed by atoms with Crippen LogP contribution in [0.25, 0.3) is 17.0 Å². The van der Waals surface area contributed by atoms with Gasteiger partial charge in [-0.2, -0.15) is 0 Å². The number of anilines is 1. The Morgan fingerprint density at radius 2 is 1.68 bits per heavy atom. The number of nitrogens with zero attached hydrogens (tertiary/aromatic N) is 5. The molecule has 208 valence electrons. The van der Waals surface area contributed by atoms with E-state index in [0.29, 0.717) is 42.9 Å². The third-order valence-electron chi connectivity index (χ3n) is 7.43. The minimum Gasteiger partial charge on any atom is -0.378 e. The molecular formula is C30H33N5O4S. The monoisotopic (exact) mass is 559 g/mol. The van der Waals surface area contributed by atoms with Crippen LogP contribution in [0.1, 0.15) is 12.5 Å². The highest BCUT2D eigenvalue weighted by atomic mass is 32.2. The van der Waals surface area contributed by atoms with Crippen molar-refractivity contribution in [3.05, 3.63) is 65.2 Å².